The highest BCUT2D eigenvalue weighted by molar-refractivity contribution is 7.87. The molecular formula is C14H21FN2O3S. The van der Waals surface area contributed by atoms with Crippen LogP contribution in [-0.4, -0.2) is 27.6 Å². The predicted molar refractivity (Wildman–Crippen MR) is 78.8 cm³/mol. The summed E-state index contributed by atoms with van der Waals surface area (Å²) in [7, 11) is -3.42. The van der Waals surface area contributed by atoms with Crippen LogP contribution in [0.1, 0.15) is 32.1 Å². The fourth-order valence-electron chi connectivity index (χ4n) is 2.30. The fourth-order valence-corrected chi connectivity index (χ4v) is 3.48. The number of benzene rings is 1. The minimum Gasteiger partial charge on any atom is -0.494 e. The molecule has 0 radical (unpaired) electrons. The molecule has 1 saturated carbocycles. The van der Waals surface area contributed by atoms with Crippen LogP contribution in [0.4, 0.5) is 4.39 Å². The molecule has 118 valence electrons. The van der Waals surface area contributed by atoms with E-state index in [9.17, 15) is 12.8 Å². The monoisotopic (exact) mass is 316 g/mol. The van der Waals surface area contributed by atoms with Gasteiger partial charge in [0.25, 0.3) is 10.2 Å². The van der Waals surface area contributed by atoms with Crippen LogP contribution in [0.25, 0.3) is 0 Å². The quantitative estimate of drug-likeness (QED) is 0.721. The van der Waals surface area contributed by atoms with Crippen molar-refractivity contribution in [1.29, 1.82) is 0 Å². The van der Waals surface area contributed by atoms with Crippen molar-refractivity contribution >= 4 is 10.2 Å². The number of halogens is 1. The summed E-state index contributed by atoms with van der Waals surface area (Å²) in [5.74, 6) is 0.261. The lowest BCUT2D eigenvalue weighted by Crippen LogP contribution is -2.42. The van der Waals surface area contributed by atoms with Crippen LogP contribution in [0.5, 0.6) is 5.75 Å². The predicted octanol–water partition coefficient (Wildman–Crippen LogP) is 1.96. The number of rotatable bonds is 8. The minimum absolute atomic E-state index is 0.0676. The van der Waals surface area contributed by atoms with E-state index >= 15 is 0 Å². The molecule has 1 aromatic carbocycles. The number of ether oxygens (including phenoxy) is 1. The molecule has 0 saturated heterocycles. The molecule has 21 heavy (non-hydrogen) atoms. The zero-order valence-electron chi connectivity index (χ0n) is 11.8. The molecule has 0 bridgehead atoms. The molecule has 1 aliphatic rings. The van der Waals surface area contributed by atoms with Crippen molar-refractivity contribution in [2.24, 2.45) is 0 Å². The fraction of sp³-hybridized carbons (Fsp3) is 0.571. The van der Waals surface area contributed by atoms with Crippen LogP contribution in [0.2, 0.25) is 0 Å². The molecule has 0 amide bonds. The maximum Gasteiger partial charge on any atom is 0.277 e. The molecule has 1 fully saturated rings. The summed E-state index contributed by atoms with van der Waals surface area (Å²) in [6, 6.07) is 5.80. The van der Waals surface area contributed by atoms with E-state index in [4.69, 9.17) is 4.74 Å². The zero-order chi connectivity index (χ0) is 15.1. The summed E-state index contributed by atoms with van der Waals surface area (Å²) in [5.41, 5.74) is 0. The first-order valence-electron chi connectivity index (χ1n) is 7.20. The molecule has 0 aliphatic heterocycles. The summed E-state index contributed by atoms with van der Waals surface area (Å²) in [5, 5.41) is 0. The van der Waals surface area contributed by atoms with E-state index in [0.717, 1.165) is 25.7 Å². The van der Waals surface area contributed by atoms with Gasteiger partial charge in [0.1, 0.15) is 11.6 Å². The first-order chi connectivity index (χ1) is 10.1. The van der Waals surface area contributed by atoms with Gasteiger partial charge in [0.15, 0.2) is 0 Å². The maximum atomic E-state index is 12.7. The molecule has 1 aromatic rings. The lowest BCUT2D eigenvalue weighted by atomic mass is 10.3. The lowest BCUT2D eigenvalue weighted by molar-refractivity contribution is 0.311. The highest BCUT2D eigenvalue weighted by Gasteiger charge is 2.20. The molecule has 2 rings (SSSR count). The van der Waals surface area contributed by atoms with Gasteiger partial charge in [-0.2, -0.15) is 13.1 Å². The average molecular weight is 316 g/mol. The smallest absolute Gasteiger partial charge is 0.277 e. The Morgan fingerprint density at radius 2 is 1.86 bits per heavy atom. The third-order valence-electron chi connectivity index (χ3n) is 3.37. The standard InChI is InChI=1S/C14H21FN2O3S/c15-12-6-8-14(9-7-12)20-11-3-10-16-21(18,19)17-13-4-1-2-5-13/h6-9,13,16-17H,1-5,10-11H2. The zero-order valence-corrected chi connectivity index (χ0v) is 12.7. The summed E-state index contributed by atoms with van der Waals surface area (Å²) < 4.78 is 46.7. The molecular weight excluding hydrogens is 295 g/mol. The van der Waals surface area contributed by atoms with Gasteiger partial charge in [-0.1, -0.05) is 12.8 Å². The Balaban J connectivity index is 1.61. The Labute approximate surface area is 125 Å². The topological polar surface area (TPSA) is 67.4 Å². The molecule has 0 atom stereocenters. The largest absolute Gasteiger partial charge is 0.494 e. The van der Waals surface area contributed by atoms with Gasteiger partial charge in [-0.15, -0.1) is 0 Å². The molecule has 5 nitrogen and oxygen atoms in total. The number of hydrogen-bond acceptors (Lipinski definition) is 3. The Bertz CT molecular complexity index is 528. The van der Waals surface area contributed by atoms with Gasteiger partial charge in [-0.05, 0) is 43.5 Å². The van der Waals surface area contributed by atoms with Crippen LogP contribution in [0, 0.1) is 5.82 Å². The van der Waals surface area contributed by atoms with Crippen molar-refractivity contribution in [3.05, 3.63) is 30.1 Å². The van der Waals surface area contributed by atoms with Gasteiger partial charge in [0, 0.05) is 12.6 Å². The first kappa shape index (κ1) is 16.2. The van der Waals surface area contributed by atoms with E-state index in [-0.39, 0.29) is 11.9 Å². The van der Waals surface area contributed by atoms with Crippen molar-refractivity contribution < 1.29 is 17.5 Å². The summed E-state index contributed by atoms with van der Waals surface area (Å²) in [4.78, 5) is 0. The van der Waals surface area contributed by atoms with E-state index in [1.165, 1.54) is 12.1 Å². The van der Waals surface area contributed by atoms with Crippen molar-refractivity contribution in [2.75, 3.05) is 13.2 Å². The second-order valence-corrected chi connectivity index (χ2v) is 6.68. The lowest BCUT2D eigenvalue weighted by Gasteiger charge is -2.13. The Morgan fingerprint density at radius 1 is 1.19 bits per heavy atom. The SMILES string of the molecule is O=S(=O)(NCCCOc1ccc(F)cc1)NC1CCCC1. The van der Waals surface area contributed by atoms with Crippen molar-refractivity contribution in [3.63, 3.8) is 0 Å². The van der Waals surface area contributed by atoms with Gasteiger partial charge in [0.05, 0.1) is 6.61 Å². The molecule has 0 unspecified atom stereocenters. The van der Waals surface area contributed by atoms with E-state index in [1.54, 1.807) is 12.1 Å². The van der Waals surface area contributed by atoms with E-state index in [0.29, 0.717) is 25.3 Å². The van der Waals surface area contributed by atoms with Crippen LogP contribution in [0.15, 0.2) is 24.3 Å². The molecule has 0 aromatic heterocycles. The van der Waals surface area contributed by atoms with Gasteiger partial charge in [-0.25, -0.2) is 9.11 Å². The summed E-state index contributed by atoms with van der Waals surface area (Å²) in [6.07, 6.45) is 4.53. The number of nitrogens with one attached hydrogen (secondary N) is 2. The second-order valence-electron chi connectivity index (χ2n) is 5.15. The second kappa shape index (κ2) is 7.72. The molecule has 7 heteroatoms. The molecule has 2 N–H and O–H groups in total. The van der Waals surface area contributed by atoms with E-state index in [2.05, 4.69) is 9.44 Å². The van der Waals surface area contributed by atoms with E-state index in [1.807, 2.05) is 0 Å². The van der Waals surface area contributed by atoms with Gasteiger partial charge in [-0.3, -0.25) is 0 Å². The third kappa shape index (κ3) is 5.99. The molecule has 0 spiro atoms. The summed E-state index contributed by atoms with van der Waals surface area (Å²) in [6.45, 7) is 0.681. The molecule has 0 heterocycles. The Kier molecular flexibility index (Phi) is 5.96. The van der Waals surface area contributed by atoms with Crippen LogP contribution in [0.3, 0.4) is 0 Å². The Morgan fingerprint density at radius 3 is 2.52 bits per heavy atom. The van der Waals surface area contributed by atoms with Crippen molar-refractivity contribution in [1.82, 2.24) is 9.44 Å². The highest BCUT2D eigenvalue weighted by Crippen LogP contribution is 2.18. The normalized spacial score (nSPS) is 16.2. The molecule has 1 aliphatic carbocycles. The Hall–Kier alpha value is -1.18. The first-order valence-corrected chi connectivity index (χ1v) is 8.69. The van der Waals surface area contributed by atoms with Crippen LogP contribution >= 0.6 is 0 Å². The van der Waals surface area contributed by atoms with Gasteiger partial charge >= 0.3 is 0 Å². The van der Waals surface area contributed by atoms with Gasteiger partial charge < -0.3 is 4.74 Å². The van der Waals surface area contributed by atoms with Crippen molar-refractivity contribution in [3.8, 4) is 5.75 Å². The number of hydrogen-bond donors (Lipinski definition) is 2. The average Bonchev–Trinajstić information content (AvgIpc) is 2.92. The van der Waals surface area contributed by atoms with Crippen molar-refractivity contribution in [2.45, 2.75) is 38.1 Å². The maximum absolute atomic E-state index is 12.7. The van der Waals surface area contributed by atoms with Gasteiger partial charge in [0.2, 0.25) is 0 Å². The van der Waals surface area contributed by atoms with Crippen LogP contribution < -0.4 is 14.2 Å². The van der Waals surface area contributed by atoms with Crippen LogP contribution in [-0.2, 0) is 10.2 Å². The summed E-state index contributed by atoms with van der Waals surface area (Å²) >= 11 is 0. The highest BCUT2D eigenvalue weighted by atomic mass is 32.2. The van der Waals surface area contributed by atoms with E-state index < -0.39 is 10.2 Å². The third-order valence-corrected chi connectivity index (χ3v) is 4.60. The minimum atomic E-state index is -3.42.